The van der Waals surface area contributed by atoms with Crippen LogP contribution in [0, 0.1) is 10.1 Å². The zero-order valence-corrected chi connectivity index (χ0v) is 16.8. The zero-order chi connectivity index (χ0) is 21.0. The summed E-state index contributed by atoms with van der Waals surface area (Å²) in [6, 6.07) is 6.14. The summed E-state index contributed by atoms with van der Waals surface area (Å²) >= 11 is 0.935. The number of aromatic nitrogens is 3. The molecule has 1 aromatic heterocycles. The lowest BCUT2D eigenvalue weighted by Crippen LogP contribution is -2.31. The Balaban J connectivity index is 1.92. The molecule has 1 aliphatic rings. The minimum atomic E-state index is -1.21. The molecule has 11 heteroatoms. The van der Waals surface area contributed by atoms with Gasteiger partial charge in [-0.05, 0) is 38.8 Å². The molecule has 1 aromatic carbocycles. The van der Waals surface area contributed by atoms with Crippen molar-refractivity contribution in [3.8, 4) is 11.4 Å². The van der Waals surface area contributed by atoms with Gasteiger partial charge in [0.2, 0.25) is 5.25 Å². The van der Waals surface area contributed by atoms with Crippen LogP contribution < -0.4 is 0 Å². The van der Waals surface area contributed by atoms with Gasteiger partial charge in [-0.3, -0.25) is 24.3 Å². The van der Waals surface area contributed by atoms with Crippen LogP contribution >= 0.6 is 11.8 Å². The Morgan fingerprint density at radius 2 is 1.76 bits per heavy atom. The number of ether oxygens (including phenoxy) is 2. The Morgan fingerprint density at radius 3 is 2.24 bits per heavy atom. The minimum Gasteiger partial charge on any atom is -0.465 e. The van der Waals surface area contributed by atoms with E-state index in [9.17, 15) is 19.7 Å². The topological polar surface area (TPSA) is 126 Å². The highest BCUT2D eigenvalue weighted by Crippen LogP contribution is 2.42. The van der Waals surface area contributed by atoms with E-state index in [0.717, 1.165) is 24.6 Å². The minimum absolute atomic E-state index is 0.0227. The van der Waals surface area contributed by atoms with Crippen LogP contribution in [-0.2, 0) is 19.1 Å². The van der Waals surface area contributed by atoms with Gasteiger partial charge < -0.3 is 9.47 Å². The van der Waals surface area contributed by atoms with Crippen molar-refractivity contribution >= 4 is 29.4 Å². The summed E-state index contributed by atoms with van der Waals surface area (Å²) in [4.78, 5) is 34.9. The van der Waals surface area contributed by atoms with Crippen molar-refractivity contribution in [2.24, 2.45) is 0 Å². The lowest BCUT2D eigenvalue weighted by molar-refractivity contribution is -0.384. The normalized spacial score (nSPS) is 13.3. The number of hydrogen-bond acceptors (Lipinski definition) is 9. The summed E-state index contributed by atoms with van der Waals surface area (Å²) in [5, 5.41) is 18.4. The summed E-state index contributed by atoms with van der Waals surface area (Å²) in [5.41, 5.74) is 0.635. The second-order valence-electron chi connectivity index (χ2n) is 6.21. The first kappa shape index (κ1) is 20.8. The second kappa shape index (κ2) is 9.03. The van der Waals surface area contributed by atoms with Crippen LogP contribution in [0.15, 0.2) is 29.4 Å². The number of nitro groups is 1. The lowest BCUT2D eigenvalue weighted by Gasteiger charge is -2.14. The van der Waals surface area contributed by atoms with Crippen molar-refractivity contribution in [1.82, 2.24) is 14.8 Å². The molecule has 2 aromatic rings. The molecule has 1 fully saturated rings. The molecule has 0 spiro atoms. The highest BCUT2D eigenvalue weighted by molar-refractivity contribution is 8.01. The molecule has 0 radical (unpaired) electrons. The summed E-state index contributed by atoms with van der Waals surface area (Å²) in [5.74, 6) is -0.868. The Kier molecular flexibility index (Phi) is 6.47. The molecule has 154 valence electrons. The molecule has 0 bridgehead atoms. The highest BCUT2D eigenvalue weighted by atomic mass is 32.2. The smallest absolute Gasteiger partial charge is 0.331 e. The van der Waals surface area contributed by atoms with Gasteiger partial charge in [-0.2, -0.15) is 0 Å². The standard InChI is InChI=1S/C18H20N4O6S/c1-3-27-16(23)14(17(24)28-4-2)29-18-20-19-15(21(18)12-9-10-12)11-5-7-13(8-6-11)22(25)26/h5-8,12,14H,3-4,9-10H2,1-2H3. The van der Waals surface area contributed by atoms with Gasteiger partial charge in [0.1, 0.15) is 0 Å². The number of carbonyl (C=O) groups is 2. The van der Waals surface area contributed by atoms with Crippen LogP contribution in [0.25, 0.3) is 11.4 Å². The van der Waals surface area contributed by atoms with Crippen LogP contribution in [0.4, 0.5) is 5.69 Å². The van der Waals surface area contributed by atoms with Gasteiger partial charge in [-0.25, -0.2) is 0 Å². The molecule has 0 aliphatic heterocycles. The van der Waals surface area contributed by atoms with Gasteiger partial charge in [-0.1, -0.05) is 11.8 Å². The molecule has 1 heterocycles. The molecule has 3 rings (SSSR count). The number of non-ortho nitro benzene ring substituents is 1. The molecule has 0 amide bonds. The van der Waals surface area contributed by atoms with E-state index >= 15 is 0 Å². The van der Waals surface area contributed by atoms with E-state index in [1.54, 1.807) is 26.0 Å². The predicted molar refractivity (Wildman–Crippen MR) is 103 cm³/mol. The quantitative estimate of drug-likeness (QED) is 0.198. The van der Waals surface area contributed by atoms with Crippen LogP contribution in [-0.4, -0.2) is 50.1 Å². The van der Waals surface area contributed by atoms with Gasteiger partial charge in [-0.15, -0.1) is 10.2 Å². The van der Waals surface area contributed by atoms with Crippen LogP contribution in [0.1, 0.15) is 32.7 Å². The Morgan fingerprint density at radius 1 is 1.17 bits per heavy atom. The monoisotopic (exact) mass is 420 g/mol. The van der Waals surface area contributed by atoms with Crippen molar-refractivity contribution < 1.29 is 24.0 Å². The van der Waals surface area contributed by atoms with Crippen LogP contribution in [0.2, 0.25) is 0 Å². The average molecular weight is 420 g/mol. The summed E-state index contributed by atoms with van der Waals surface area (Å²) < 4.78 is 11.9. The summed E-state index contributed by atoms with van der Waals surface area (Å²) in [7, 11) is 0. The number of benzene rings is 1. The molecule has 0 unspecified atom stereocenters. The third-order valence-electron chi connectivity index (χ3n) is 4.14. The fourth-order valence-corrected chi connectivity index (χ4v) is 3.66. The van der Waals surface area contributed by atoms with Crippen molar-refractivity contribution in [2.45, 2.75) is 43.1 Å². The zero-order valence-electron chi connectivity index (χ0n) is 15.9. The van der Waals surface area contributed by atoms with E-state index in [0.29, 0.717) is 16.5 Å². The van der Waals surface area contributed by atoms with E-state index in [2.05, 4.69) is 10.2 Å². The molecule has 1 saturated carbocycles. The maximum absolute atomic E-state index is 12.3. The molecule has 0 N–H and O–H groups in total. The van der Waals surface area contributed by atoms with E-state index in [1.165, 1.54) is 12.1 Å². The summed E-state index contributed by atoms with van der Waals surface area (Å²) in [6.45, 7) is 3.59. The first-order valence-corrected chi connectivity index (χ1v) is 10.0. The van der Waals surface area contributed by atoms with Crippen molar-refractivity contribution in [3.63, 3.8) is 0 Å². The molecular weight excluding hydrogens is 400 g/mol. The highest BCUT2D eigenvalue weighted by Gasteiger charge is 2.36. The first-order chi connectivity index (χ1) is 14.0. The van der Waals surface area contributed by atoms with Gasteiger partial charge in [0, 0.05) is 23.7 Å². The van der Waals surface area contributed by atoms with E-state index in [4.69, 9.17) is 9.47 Å². The van der Waals surface area contributed by atoms with Crippen molar-refractivity contribution in [3.05, 3.63) is 34.4 Å². The number of carbonyl (C=O) groups excluding carboxylic acids is 2. The number of nitro benzene ring substituents is 1. The molecular formula is C18H20N4O6S. The molecule has 1 aliphatic carbocycles. The molecule has 29 heavy (non-hydrogen) atoms. The predicted octanol–water partition coefficient (Wildman–Crippen LogP) is 2.78. The van der Waals surface area contributed by atoms with Crippen molar-refractivity contribution in [2.75, 3.05) is 13.2 Å². The lowest BCUT2D eigenvalue weighted by atomic mass is 10.2. The Labute approximate surface area is 170 Å². The van der Waals surface area contributed by atoms with E-state index < -0.39 is 22.1 Å². The van der Waals surface area contributed by atoms with Crippen LogP contribution in [0.5, 0.6) is 0 Å². The van der Waals surface area contributed by atoms with Crippen molar-refractivity contribution in [1.29, 1.82) is 0 Å². The van der Waals surface area contributed by atoms with Crippen LogP contribution in [0.3, 0.4) is 0 Å². The van der Waals surface area contributed by atoms with Gasteiger partial charge in [0.05, 0.1) is 18.1 Å². The first-order valence-electron chi connectivity index (χ1n) is 9.15. The molecule has 10 nitrogen and oxygen atoms in total. The fraction of sp³-hybridized carbons (Fsp3) is 0.444. The fourth-order valence-electron chi connectivity index (χ4n) is 2.68. The third kappa shape index (κ3) is 4.73. The number of rotatable bonds is 9. The molecule has 0 saturated heterocycles. The van der Waals surface area contributed by atoms with Gasteiger partial charge in [0.25, 0.3) is 5.69 Å². The molecule has 0 atom stereocenters. The maximum Gasteiger partial charge on any atom is 0.331 e. The van der Waals surface area contributed by atoms with E-state index in [1.807, 2.05) is 4.57 Å². The number of esters is 2. The maximum atomic E-state index is 12.3. The SMILES string of the molecule is CCOC(=O)C(Sc1nnc(-c2ccc([N+](=O)[O-])cc2)n1C1CC1)C(=O)OCC. The number of thioether (sulfide) groups is 1. The Hall–Kier alpha value is -2.95. The van der Waals surface area contributed by atoms with Gasteiger partial charge >= 0.3 is 11.9 Å². The van der Waals surface area contributed by atoms with Gasteiger partial charge in [0.15, 0.2) is 11.0 Å². The average Bonchev–Trinajstić information content (AvgIpc) is 3.45. The number of hydrogen-bond donors (Lipinski definition) is 0. The van der Waals surface area contributed by atoms with E-state index in [-0.39, 0.29) is 24.9 Å². The second-order valence-corrected chi connectivity index (χ2v) is 7.29. The largest absolute Gasteiger partial charge is 0.465 e. The Bertz CT molecular complexity index is 892. The number of nitrogens with zero attached hydrogens (tertiary/aromatic N) is 4. The third-order valence-corrected chi connectivity index (χ3v) is 5.25. The summed E-state index contributed by atoms with van der Waals surface area (Å²) in [6.07, 6.45) is 1.82.